The van der Waals surface area contributed by atoms with Crippen LogP contribution in [0.5, 0.6) is 0 Å². The van der Waals surface area contributed by atoms with Crippen molar-refractivity contribution >= 4 is 31.5 Å². The lowest BCUT2D eigenvalue weighted by Crippen LogP contribution is -2.03. The molecule has 0 radical (unpaired) electrons. The first-order chi connectivity index (χ1) is 29.4. The van der Waals surface area contributed by atoms with Crippen LogP contribution in [0.15, 0.2) is 176 Å². The van der Waals surface area contributed by atoms with Crippen molar-refractivity contribution in [2.75, 3.05) is 0 Å². The van der Waals surface area contributed by atoms with Crippen LogP contribution in [0.2, 0.25) is 0 Å². The van der Waals surface area contributed by atoms with Gasteiger partial charge in [-0.25, -0.2) is 15.0 Å². The summed E-state index contributed by atoms with van der Waals surface area (Å²) in [5.41, 5.74) is 17.7. The zero-order valence-electron chi connectivity index (χ0n) is 34.2. The van der Waals surface area contributed by atoms with Gasteiger partial charge in [0, 0.05) is 36.9 Å². The smallest absolute Gasteiger partial charge is 0.164 e. The highest BCUT2D eigenvalue weighted by atomic mass is 32.1. The Morgan fingerprint density at radius 2 is 0.917 bits per heavy atom. The van der Waals surface area contributed by atoms with E-state index in [1.807, 2.05) is 47.7 Å². The molecule has 0 N–H and O–H groups in total. The van der Waals surface area contributed by atoms with E-state index in [-0.39, 0.29) is 0 Å². The summed E-state index contributed by atoms with van der Waals surface area (Å²) in [6, 6.07) is 63.2. The normalized spacial score (nSPS) is 11.4. The van der Waals surface area contributed by atoms with E-state index in [0.717, 1.165) is 33.4 Å². The van der Waals surface area contributed by atoms with E-state index < -0.39 is 0 Å². The highest BCUT2D eigenvalue weighted by Crippen LogP contribution is 2.40. The molecule has 0 bridgehead atoms. The third kappa shape index (κ3) is 7.10. The Balaban J connectivity index is 1.15. The summed E-state index contributed by atoms with van der Waals surface area (Å²) in [4.78, 5) is 15.6. The molecule has 0 spiro atoms. The maximum atomic E-state index is 5.26. The number of nitrogens with zero attached hydrogens (tertiary/aromatic N) is 3. The number of fused-ring (bicyclic) bond motifs is 3. The monoisotopic (exact) mass is 789 g/mol. The van der Waals surface area contributed by atoms with Crippen molar-refractivity contribution in [1.82, 2.24) is 15.0 Å². The fourth-order valence-corrected chi connectivity index (χ4v) is 9.88. The molecule has 0 unspecified atom stereocenters. The molecule has 8 aromatic carbocycles. The lowest BCUT2D eigenvalue weighted by Gasteiger charge is -2.18. The Bertz CT molecular complexity index is 3140. The number of hydrogen-bond acceptors (Lipinski definition) is 4. The van der Waals surface area contributed by atoms with Crippen molar-refractivity contribution in [2.24, 2.45) is 0 Å². The summed E-state index contributed by atoms with van der Waals surface area (Å²) >= 11 is 1.84. The summed E-state index contributed by atoms with van der Waals surface area (Å²) in [6.07, 6.45) is 0.694. The first-order valence-corrected chi connectivity index (χ1v) is 21.4. The van der Waals surface area contributed by atoms with Crippen molar-refractivity contribution in [3.8, 4) is 67.5 Å². The molecule has 0 aliphatic rings. The van der Waals surface area contributed by atoms with Gasteiger partial charge in [-0.15, -0.1) is 11.3 Å². The fraction of sp³-hybridized carbons (Fsp3) is 0.0893. The Hall–Kier alpha value is -7.01. The standard InChI is InChI=1S/C56H43N3S/c1-35-29-37(3)53(38(4)30-35)45-24-23-36(2)48(34-45)46-20-12-11-19-43(46)31-44-26-25-41(42-27-28-52-50(33-42)47-21-13-14-22-51(47)60-52)32-49(44)56-58-54(39-15-7-5-8-16-39)57-55(59-56)40-17-9-6-10-18-40/h5-30,32-34H,31H2,1-4H3. The molecule has 0 amide bonds. The van der Waals surface area contributed by atoms with Gasteiger partial charge in [0.05, 0.1) is 0 Å². The van der Waals surface area contributed by atoms with Crippen molar-refractivity contribution < 1.29 is 0 Å². The van der Waals surface area contributed by atoms with Gasteiger partial charge in [-0.1, -0.05) is 151 Å². The number of thiophene rings is 1. The molecule has 0 atom stereocenters. The van der Waals surface area contributed by atoms with E-state index in [1.54, 1.807) is 0 Å². The Labute approximate surface area is 355 Å². The van der Waals surface area contributed by atoms with Gasteiger partial charge in [-0.3, -0.25) is 0 Å². The molecule has 0 saturated heterocycles. The second-order valence-corrected chi connectivity index (χ2v) is 16.9. The molecule has 60 heavy (non-hydrogen) atoms. The van der Waals surface area contributed by atoms with E-state index in [0.29, 0.717) is 23.9 Å². The Kier molecular flexibility index (Phi) is 9.71. The molecule has 0 saturated carbocycles. The van der Waals surface area contributed by atoms with Gasteiger partial charge < -0.3 is 0 Å². The van der Waals surface area contributed by atoms with Crippen LogP contribution in [0.3, 0.4) is 0 Å². The van der Waals surface area contributed by atoms with Crippen LogP contribution < -0.4 is 0 Å². The largest absolute Gasteiger partial charge is 0.208 e. The third-order valence-electron chi connectivity index (χ3n) is 11.7. The average molecular weight is 790 g/mol. The molecule has 3 nitrogen and oxygen atoms in total. The molecule has 2 aromatic heterocycles. The molecule has 2 heterocycles. The van der Waals surface area contributed by atoms with E-state index in [2.05, 4.69) is 167 Å². The average Bonchev–Trinajstić information content (AvgIpc) is 3.65. The van der Waals surface area contributed by atoms with Gasteiger partial charge in [-0.05, 0) is 126 Å². The molecule has 10 aromatic rings. The predicted octanol–water partition coefficient (Wildman–Crippen LogP) is 15.1. The first kappa shape index (κ1) is 37.3. The Morgan fingerprint density at radius 1 is 0.367 bits per heavy atom. The van der Waals surface area contributed by atoms with Crippen LogP contribution >= 0.6 is 11.3 Å². The third-order valence-corrected chi connectivity index (χ3v) is 12.8. The quantitative estimate of drug-likeness (QED) is 0.154. The molecular formula is C56H43N3S. The summed E-state index contributed by atoms with van der Waals surface area (Å²) in [6.45, 7) is 8.84. The highest BCUT2D eigenvalue weighted by Gasteiger charge is 2.19. The maximum absolute atomic E-state index is 5.26. The zero-order chi connectivity index (χ0) is 40.7. The summed E-state index contributed by atoms with van der Waals surface area (Å²) in [7, 11) is 0. The van der Waals surface area contributed by atoms with Crippen LogP contribution in [0.1, 0.15) is 33.4 Å². The fourth-order valence-electron chi connectivity index (χ4n) is 8.80. The number of rotatable bonds is 8. The first-order valence-electron chi connectivity index (χ1n) is 20.6. The summed E-state index contributed by atoms with van der Waals surface area (Å²) in [5, 5.41) is 2.57. The molecule has 0 aliphatic carbocycles. The lowest BCUT2D eigenvalue weighted by molar-refractivity contribution is 1.06. The highest BCUT2D eigenvalue weighted by molar-refractivity contribution is 7.25. The topological polar surface area (TPSA) is 38.7 Å². The van der Waals surface area contributed by atoms with Crippen molar-refractivity contribution in [3.63, 3.8) is 0 Å². The minimum atomic E-state index is 0.650. The van der Waals surface area contributed by atoms with Gasteiger partial charge >= 0.3 is 0 Å². The Morgan fingerprint density at radius 3 is 1.65 bits per heavy atom. The van der Waals surface area contributed by atoms with Crippen LogP contribution in [0.4, 0.5) is 0 Å². The van der Waals surface area contributed by atoms with E-state index >= 15 is 0 Å². The van der Waals surface area contributed by atoms with E-state index in [9.17, 15) is 0 Å². The molecule has 10 rings (SSSR count). The SMILES string of the molecule is Cc1cc(C)c(-c2ccc(C)c(-c3ccccc3Cc3ccc(-c4ccc5sc6ccccc6c5c4)cc3-c3nc(-c4ccccc4)nc(-c4ccccc4)n3)c2)c(C)c1. The van der Waals surface area contributed by atoms with Crippen LogP contribution in [-0.4, -0.2) is 15.0 Å². The number of hydrogen-bond donors (Lipinski definition) is 0. The number of benzene rings is 8. The number of aromatic nitrogens is 3. The van der Waals surface area contributed by atoms with E-state index in [1.165, 1.54) is 70.2 Å². The molecule has 0 aliphatic heterocycles. The second kappa shape index (κ2) is 15.6. The van der Waals surface area contributed by atoms with Crippen molar-refractivity contribution in [3.05, 3.63) is 209 Å². The molecule has 0 fully saturated rings. The molecule has 288 valence electrons. The predicted molar refractivity (Wildman–Crippen MR) is 254 cm³/mol. The van der Waals surface area contributed by atoms with Crippen LogP contribution in [0, 0.1) is 27.7 Å². The van der Waals surface area contributed by atoms with Gasteiger partial charge in [0.2, 0.25) is 0 Å². The molecule has 4 heteroatoms. The summed E-state index contributed by atoms with van der Waals surface area (Å²) < 4.78 is 2.59. The van der Waals surface area contributed by atoms with Gasteiger partial charge in [0.15, 0.2) is 17.5 Å². The van der Waals surface area contributed by atoms with Gasteiger partial charge in [0.25, 0.3) is 0 Å². The minimum Gasteiger partial charge on any atom is -0.208 e. The van der Waals surface area contributed by atoms with Crippen molar-refractivity contribution in [1.29, 1.82) is 0 Å². The lowest BCUT2D eigenvalue weighted by atomic mass is 9.87. The van der Waals surface area contributed by atoms with E-state index in [4.69, 9.17) is 15.0 Å². The zero-order valence-corrected chi connectivity index (χ0v) is 35.0. The van der Waals surface area contributed by atoms with Crippen LogP contribution in [-0.2, 0) is 6.42 Å². The van der Waals surface area contributed by atoms with Crippen molar-refractivity contribution in [2.45, 2.75) is 34.1 Å². The molecular weight excluding hydrogens is 747 g/mol. The van der Waals surface area contributed by atoms with Gasteiger partial charge in [-0.2, -0.15) is 0 Å². The number of aryl methyl sites for hydroxylation is 4. The second-order valence-electron chi connectivity index (χ2n) is 15.9. The van der Waals surface area contributed by atoms with Crippen LogP contribution in [0.25, 0.3) is 87.7 Å². The summed E-state index contributed by atoms with van der Waals surface area (Å²) in [5.74, 6) is 1.95. The minimum absolute atomic E-state index is 0.650. The van der Waals surface area contributed by atoms with Gasteiger partial charge in [0.1, 0.15) is 0 Å². The maximum Gasteiger partial charge on any atom is 0.164 e.